The van der Waals surface area contributed by atoms with Gasteiger partial charge in [-0.15, -0.1) is 0 Å². The second-order valence-electron chi connectivity index (χ2n) is 3.74. The Morgan fingerprint density at radius 1 is 1.29 bits per heavy atom. The number of alkyl halides is 2. The third kappa shape index (κ3) is 1.93. The molecule has 1 aliphatic carbocycles. The molecule has 0 saturated heterocycles. The van der Waals surface area contributed by atoms with Crippen LogP contribution in [0.25, 0.3) is 0 Å². The van der Waals surface area contributed by atoms with E-state index in [0.29, 0.717) is 11.5 Å². The summed E-state index contributed by atoms with van der Waals surface area (Å²) in [4.78, 5) is 0. The van der Waals surface area contributed by atoms with Gasteiger partial charge in [-0.05, 0) is 42.0 Å². The monoisotopic (exact) mass is 198 g/mol. The van der Waals surface area contributed by atoms with Gasteiger partial charge in [-0.3, -0.25) is 0 Å². The molecule has 0 radical (unpaired) electrons. The van der Waals surface area contributed by atoms with Gasteiger partial charge in [-0.25, -0.2) is 8.78 Å². The number of halogens is 2. The van der Waals surface area contributed by atoms with Crippen molar-refractivity contribution in [3.8, 4) is 0 Å². The molecule has 0 amide bonds. The summed E-state index contributed by atoms with van der Waals surface area (Å²) in [5, 5.41) is 8.93. The molecule has 1 aliphatic rings. The third-order valence-corrected chi connectivity index (χ3v) is 2.52. The van der Waals surface area contributed by atoms with Crippen LogP contribution in [0.15, 0.2) is 18.2 Å². The molecule has 1 aromatic rings. The Morgan fingerprint density at radius 2 is 2.00 bits per heavy atom. The van der Waals surface area contributed by atoms with Crippen molar-refractivity contribution in [3.05, 3.63) is 34.9 Å². The molecule has 1 N–H and O–H groups in total. The molecule has 3 heteroatoms. The van der Waals surface area contributed by atoms with Crippen LogP contribution in [-0.4, -0.2) is 5.11 Å². The molecule has 2 rings (SSSR count). The summed E-state index contributed by atoms with van der Waals surface area (Å²) >= 11 is 0. The second-order valence-corrected chi connectivity index (χ2v) is 3.74. The van der Waals surface area contributed by atoms with Gasteiger partial charge in [0.2, 0.25) is 0 Å². The molecule has 0 aliphatic heterocycles. The van der Waals surface area contributed by atoms with E-state index in [9.17, 15) is 8.78 Å². The van der Waals surface area contributed by atoms with Crippen LogP contribution >= 0.6 is 0 Å². The lowest BCUT2D eigenvalue weighted by Crippen LogP contribution is -1.93. The van der Waals surface area contributed by atoms with Gasteiger partial charge in [0, 0.05) is 5.56 Å². The molecule has 0 heterocycles. The van der Waals surface area contributed by atoms with E-state index in [0.717, 1.165) is 18.4 Å². The maximum absolute atomic E-state index is 12.5. The summed E-state index contributed by atoms with van der Waals surface area (Å²) in [6.07, 6.45) is -0.284. The van der Waals surface area contributed by atoms with Crippen molar-refractivity contribution in [2.45, 2.75) is 31.8 Å². The molecule has 0 atom stereocenters. The molecule has 0 bridgehead atoms. The van der Waals surface area contributed by atoms with Gasteiger partial charge in [0.1, 0.15) is 0 Å². The number of hydrogen-bond acceptors (Lipinski definition) is 1. The zero-order valence-corrected chi connectivity index (χ0v) is 7.71. The summed E-state index contributed by atoms with van der Waals surface area (Å²) in [5.41, 5.74) is 1.56. The van der Waals surface area contributed by atoms with Crippen LogP contribution in [0.2, 0.25) is 0 Å². The molecule has 1 fully saturated rings. The number of hydrogen-bond donors (Lipinski definition) is 1. The molecule has 14 heavy (non-hydrogen) atoms. The van der Waals surface area contributed by atoms with Crippen LogP contribution in [0, 0.1) is 0 Å². The smallest absolute Gasteiger partial charge is 0.263 e. The normalized spacial score (nSPS) is 16.3. The van der Waals surface area contributed by atoms with E-state index >= 15 is 0 Å². The van der Waals surface area contributed by atoms with Gasteiger partial charge in [0.15, 0.2) is 0 Å². The van der Waals surface area contributed by atoms with Crippen molar-refractivity contribution in [3.63, 3.8) is 0 Å². The first-order valence-corrected chi connectivity index (χ1v) is 4.73. The predicted molar refractivity (Wildman–Crippen MR) is 49.3 cm³/mol. The predicted octanol–water partition coefficient (Wildman–Crippen LogP) is 2.99. The van der Waals surface area contributed by atoms with Gasteiger partial charge in [-0.1, -0.05) is 6.07 Å². The van der Waals surface area contributed by atoms with Crippen LogP contribution in [0.4, 0.5) is 8.78 Å². The summed E-state index contributed by atoms with van der Waals surface area (Å²) < 4.78 is 24.9. The first-order valence-electron chi connectivity index (χ1n) is 4.73. The Balaban J connectivity index is 2.35. The highest BCUT2D eigenvalue weighted by Crippen LogP contribution is 2.41. The van der Waals surface area contributed by atoms with Crippen LogP contribution in [0.3, 0.4) is 0 Å². The maximum Gasteiger partial charge on any atom is 0.263 e. The fourth-order valence-corrected chi connectivity index (χ4v) is 1.62. The maximum atomic E-state index is 12.5. The van der Waals surface area contributed by atoms with E-state index in [1.54, 1.807) is 6.07 Å². The highest BCUT2D eigenvalue weighted by molar-refractivity contribution is 5.34. The quantitative estimate of drug-likeness (QED) is 0.791. The topological polar surface area (TPSA) is 20.2 Å². The first kappa shape index (κ1) is 9.59. The lowest BCUT2D eigenvalue weighted by molar-refractivity contribution is 0.151. The molecule has 1 saturated carbocycles. The van der Waals surface area contributed by atoms with Gasteiger partial charge >= 0.3 is 0 Å². The zero-order valence-electron chi connectivity index (χ0n) is 7.71. The summed E-state index contributed by atoms with van der Waals surface area (Å²) in [7, 11) is 0. The Morgan fingerprint density at radius 3 is 2.50 bits per heavy atom. The van der Waals surface area contributed by atoms with Gasteiger partial charge in [0.05, 0.1) is 6.61 Å². The first-order chi connectivity index (χ1) is 6.70. The molecular formula is C11H12F2O. The average Bonchev–Trinajstić information content (AvgIpc) is 3.00. The van der Waals surface area contributed by atoms with E-state index in [1.807, 2.05) is 6.07 Å². The molecule has 0 spiro atoms. The molecular weight excluding hydrogens is 186 g/mol. The van der Waals surface area contributed by atoms with E-state index in [4.69, 9.17) is 5.11 Å². The fraction of sp³-hybridized carbons (Fsp3) is 0.455. The van der Waals surface area contributed by atoms with E-state index in [2.05, 4.69) is 0 Å². The standard InChI is InChI=1S/C11H12F2O/c12-11(13)10-4-7(6-14)3-9(5-10)8-1-2-8/h3-5,8,11,14H,1-2,6H2. The lowest BCUT2D eigenvalue weighted by atomic mass is 10.0. The fourth-order valence-electron chi connectivity index (χ4n) is 1.62. The van der Waals surface area contributed by atoms with Crippen molar-refractivity contribution in [2.75, 3.05) is 0 Å². The van der Waals surface area contributed by atoms with Crippen LogP contribution < -0.4 is 0 Å². The largest absolute Gasteiger partial charge is 0.392 e. The molecule has 1 aromatic carbocycles. The van der Waals surface area contributed by atoms with Crippen molar-refractivity contribution >= 4 is 0 Å². The lowest BCUT2D eigenvalue weighted by Gasteiger charge is -2.06. The Bertz CT molecular complexity index is 312. The average molecular weight is 198 g/mol. The minimum Gasteiger partial charge on any atom is -0.392 e. The van der Waals surface area contributed by atoms with E-state index < -0.39 is 6.43 Å². The number of aliphatic hydroxyl groups is 1. The minimum atomic E-state index is -2.45. The Hall–Kier alpha value is -0.960. The second kappa shape index (κ2) is 3.65. The molecule has 1 nitrogen and oxygen atoms in total. The molecule has 0 unspecified atom stereocenters. The number of benzene rings is 1. The number of rotatable bonds is 3. The highest BCUT2D eigenvalue weighted by Gasteiger charge is 2.25. The summed E-state index contributed by atoms with van der Waals surface area (Å²) in [5.74, 6) is 0.444. The van der Waals surface area contributed by atoms with Crippen molar-refractivity contribution < 1.29 is 13.9 Å². The minimum absolute atomic E-state index is 0.0263. The highest BCUT2D eigenvalue weighted by atomic mass is 19.3. The van der Waals surface area contributed by atoms with Gasteiger partial charge in [-0.2, -0.15) is 0 Å². The van der Waals surface area contributed by atoms with Crippen LogP contribution in [0.1, 0.15) is 41.9 Å². The van der Waals surface area contributed by atoms with Crippen molar-refractivity contribution in [2.24, 2.45) is 0 Å². The van der Waals surface area contributed by atoms with E-state index in [1.165, 1.54) is 6.07 Å². The Labute approximate surface area is 81.4 Å². The SMILES string of the molecule is OCc1cc(C(F)F)cc(C2CC2)c1. The van der Waals surface area contributed by atoms with Gasteiger partial charge in [0.25, 0.3) is 6.43 Å². The zero-order chi connectivity index (χ0) is 10.1. The Kier molecular flexibility index (Phi) is 2.50. The van der Waals surface area contributed by atoms with Gasteiger partial charge < -0.3 is 5.11 Å². The third-order valence-electron chi connectivity index (χ3n) is 2.52. The molecule has 76 valence electrons. The molecule has 0 aromatic heterocycles. The van der Waals surface area contributed by atoms with Crippen LogP contribution in [-0.2, 0) is 6.61 Å². The number of aliphatic hydroxyl groups excluding tert-OH is 1. The van der Waals surface area contributed by atoms with Crippen LogP contribution in [0.5, 0.6) is 0 Å². The van der Waals surface area contributed by atoms with Crippen molar-refractivity contribution in [1.82, 2.24) is 0 Å². The summed E-state index contributed by atoms with van der Waals surface area (Å²) in [6.45, 7) is -0.166. The van der Waals surface area contributed by atoms with E-state index in [-0.39, 0.29) is 12.2 Å². The van der Waals surface area contributed by atoms with Crippen molar-refractivity contribution in [1.29, 1.82) is 0 Å². The summed E-state index contributed by atoms with van der Waals surface area (Å²) in [6, 6.07) is 4.75.